The van der Waals surface area contributed by atoms with Gasteiger partial charge in [-0.3, -0.25) is 4.90 Å². The Kier molecular flexibility index (Phi) is 5.97. The first kappa shape index (κ1) is 18.9. The number of nitrogens with zero attached hydrogens (tertiary/aromatic N) is 3. The zero-order chi connectivity index (χ0) is 17.2. The van der Waals surface area contributed by atoms with E-state index < -0.39 is 0 Å². The number of halogens is 1. The number of nitrogens with one attached hydrogen (secondary N) is 1. The minimum absolute atomic E-state index is 0. The first-order valence-corrected chi connectivity index (χ1v) is 9.14. The molecule has 1 aliphatic heterocycles. The van der Waals surface area contributed by atoms with Crippen molar-refractivity contribution in [3.05, 3.63) is 48.0 Å². The van der Waals surface area contributed by atoms with Gasteiger partial charge in [-0.15, -0.1) is 12.4 Å². The molecule has 0 amide bonds. The summed E-state index contributed by atoms with van der Waals surface area (Å²) in [5, 5.41) is 6.15. The highest BCUT2D eigenvalue weighted by Crippen LogP contribution is 2.31. The summed E-state index contributed by atoms with van der Waals surface area (Å²) < 4.78 is 0. The molecule has 138 valence electrons. The molecule has 1 aliphatic rings. The molecule has 4 nitrogen and oxygen atoms in total. The number of aromatic nitrogens is 1. The van der Waals surface area contributed by atoms with Crippen molar-refractivity contribution < 1.29 is 0 Å². The molecule has 2 heterocycles. The number of pyridine rings is 1. The number of hydrogen-bond acceptors (Lipinski definition) is 4. The number of benzene rings is 2. The van der Waals surface area contributed by atoms with Gasteiger partial charge >= 0.3 is 0 Å². The molecule has 0 spiro atoms. The molecule has 1 fully saturated rings. The highest BCUT2D eigenvalue weighted by Gasteiger charge is 2.14. The quantitative estimate of drug-likeness (QED) is 0.708. The van der Waals surface area contributed by atoms with Crippen LogP contribution in [-0.4, -0.2) is 61.1 Å². The van der Waals surface area contributed by atoms with E-state index in [1.165, 1.54) is 35.1 Å². The lowest BCUT2D eigenvalue weighted by Gasteiger charge is -2.32. The molecule has 0 atom stereocenters. The zero-order valence-corrected chi connectivity index (χ0v) is 16.4. The van der Waals surface area contributed by atoms with E-state index in [0.29, 0.717) is 0 Å². The second-order valence-electron chi connectivity index (χ2n) is 7.10. The third-order valence-corrected chi connectivity index (χ3v) is 5.16. The zero-order valence-electron chi connectivity index (χ0n) is 15.5. The molecular weight excluding hydrogens is 344 g/mol. The maximum absolute atomic E-state index is 4.83. The lowest BCUT2D eigenvalue weighted by Crippen LogP contribution is -2.45. The fourth-order valence-corrected chi connectivity index (χ4v) is 3.61. The van der Waals surface area contributed by atoms with Gasteiger partial charge in [0.05, 0.1) is 16.7 Å². The number of likely N-dealkylation sites (N-methyl/N-ethyl adjacent to an activating group) is 1. The molecule has 1 N–H and O–H groups in total. The second-order valence-corrected chi connectivity index (χ2v) is 7.10. The molecule has 3 aromatic rings. The van der Waals surface area contributed by atoms with Crippen LogP contribution in [0.2, 0.25) is 0 Å². The lowest BCUT2D eigenvalue weighted by molar-refractivity contribution is 0.158. The van der Waals surface area contributed by atoms with Crippen molar-refractivity contribution in [3.8, 4) is 0 Å². The fraction of sp³-hybridized carbons (Fsp3) is 0.381. The maximum atomic E-state index is 4.83. The Hall–Kier alpha value is -1.88. The number of piperazine rings is 1. The molecule has 1 aromatic heterocycles. The first-order valence-electron chi connectivity index (χ1n) is 9.14. The van der Waals surface area contributed by atoms with Crippen LogP contribution < -0.4 is 5.32 Å². The number of anilines is 1. The normalized spacial score (nSPS) is 15.9. The van der Waals surface area contributed by atoms with E-state index in [2.05, 4.69) is 71.6 Å². The third kappa shape index (κ3) is 3.93. The molecule has 0 unspecified atom stereocenters. The van der Waals surface area contributed by atoms with Crippen molar-refractivity contribution in [1.29, 1.82) is 0 Å². The summed E-state index contributed by atoms with van der Waals surface area (Å²) in [4.78, 5) is 9.77. The Morgan fingerprint density at radius 1 is 0.962 bits per heavy atom. The van der Waals surface area contributed by atoms with Crippen LogP contribution in [0.4, 0.5) is 5.69 Å². The van der Waals surface area contributed by atoms with Gasteiger partial charge in [-0.05, 0) is 32.2 Å². The van der Waals surface area contributed by atoms with Crippen molar-refractivity contribution in [1.82, 2.24) is 14.8 Å². The van der Waals surface area contributed by atoms with E-state index in [9.17, 15) is 0 Å². The Balaban J connectivity index is 0.00000196. The van der Waals surface area contributed by atoms with Crippen LogP contribution >= 0.6 is 12.4 Å². The third-order valence-electron chi connectivity index (χ3n) is 5.16. The van der Waals surface area contributed by atoms with E-state index >= 15 is 0 Å². The van der Waals surface area contributed by atoms with Crippen molar-refractivity contribution in [2.75, 3.05) is 51.6 Å². The van der Waals surface area contributed by atoms with Crippen molar-refractivity contribution in [3.63, 3.8) is 0 Å². The molecule has 1 saturated heterocycles. The van der Waals surface area contributed by atoms with E-state index in [1.54, 1.807) is 0 Å². The van der Waals surface area contributed by atoms with Crippen LogP contribution in [0.3, 0.4) is 0 Å². The number of aryl methyl sites for hydroxylation is 1. The summed E-state index contributed by atoms with van der Waals surface area (Å²) in [5.74, 6) is 0. The van der Waals surface area contributed by atoms with E-state index in [-0.39, 0.29) is 12.4 Å². The Morgan fingerprint density at radius 3 is 2.50 bits per heavy atom. The van der Waals surface area contributed by atoms with Gasteiger partial charge in [0.15, 0.2) is 0 Å². The number of rotatable bonds is 4. The van der Waals surface area contributed by atoms with E-state index in [1.807, 2.05) is 0 Å². The van der Waals surface area contributed by atoms with Gasteiger partial charge in [0.1, 0.15) is 0 Å². The van der Waals surface area contributed by atoms with Crippen molar-refractivity contribution >= 4 is 39.9 Å². The highest BCUT2D eigenvalue weighted by atomic mass is 35.5. The van der Waals surface area contributed by atoms with Crippen LogP contribution in [0.1, 0.15) is 5.56 Å². The number of hydrogen-bond donors (Lipinski definition) is 1. The van der Waals surface area contributed by atoms with Crippen LogP contribution in [0, 0.1) is 6.92 Å². The van der Waals surface area contributed by atoms with Gasteiger partial charge < -0.3 is 10.2 Å². The Labute approximate surface area is 161 Å². The van der Waals surface area contributed by atoms with Gasteiger partial charge in [-0.2, -0.15) is 0 Å². The molecule has 0 bridgehead atoms. The Bertz CT molecular complexity index is 888. The van der Waals surface area contributed by atoms with Gasteiger partial charge in [-0.25, -0.2) is 4.98 Å². The SMILES string of the molecule is Cc1ccc2nc3ccccc3c(NCCN3CCN(C)CC3)c2c1.Cl. The second kappa shape index (κ2) is 8.21. The van der Waals surface area contributed by atoms with E-state index in [0.717, 1.165) is 37.2 Å². The maximum Gasteiger partial charge on any atom is 0.0730 e. The average molecular weight is 371 g/mol. The smallest absolute Gasteiger partial charge is 0.0730 e. The topological polar surface area (TPSA) is 31.4 Å². The van der Waals surface area contributed by atoms with Gasteiger partial charge in [0, 0.05) is 50.0 Å². The van der Waals surface area contributed by atoms with Gasteiger partial charge in [-0.1, -0.05) is 29.8 Å². The fourth-order valence-electron chi connectivity index (χ4n) is 3.61. The van der Waals surface area contributed by atoms with Crippen LogP contribution in [0.15, 0.2) is 42.5 Å². The first-order chi connectivity index (χ1) is 12.2. The number of fused-ring (bicyclic) bond motifs is 2. The van der Waals surface area contributed by atoms with Crippen LogP contribution in [-0.2, 0) is 0 Å². The summed E-state index contributed by atoms with van der Waals surface area (Å²) in [7, 11) is 2.20. The van der Waals surface area contributed by atoms with E-state index in [4.69, 9.17) is 4.98 Å². The summed E-state index contributed by atoms with van der Waals surface area (Å²) in [6.45, 7) is 8.84. The molecule has 26 heavy (non-hydrogen) atoms. The highest BCUT2D eigenvalue weighted by molar-refractivity contribution is 6.07. The Morgan fingerprint density at radius 2 is 1.69 bits per heavy atom. The van der Waals surface area contributed by atoms with Crippen LogP contribution in [0.25, 0.3) is 21.8 Å². The molecule has 0 aliphatic carbocycles. The molecule has 5 heteroatoms. The summed E-state index contributed by atoms with van der Waals surface area (Å²) in [6, 6.07) is 14.9. The van der Waals surface area contributed by atoms with Gasteiger partial charge in [0.2, 0.25) is 0 Å². The van der Waals surface area contributed by atoms with Gasteiger partial charge in [0.25, 0.3) is 0 Å². The lowest BCUT2D eigenvalue weighted by atomic mass is 10.1. The molecule has 0 saturated carbocycles. The summed E-state index contributed by atoms with van der Waals surface area (Å²) >= 11 is 0. The summed E-state index contributed by atoms with van der Waals surface area (Å²) in [6.07, 6.45) is 0. The molecule has 2 aromatic carbocycles. The number of para-hydroxylation sites is 1. The van der Waals surface area contributed by atoms with Crippen molar-refractivity contribution in [2.24, 2.45) is 0 Å². The molecule has 4 rings (SSSR count). The predicted molar refractivity (Wildman–Crippen MR) is 114 cm³/mol. The molecular formula is C21H27ClN4. The minimum Gasteiger partial charge on any atom is -0.383 e. The molecule has 0 radical (unpaired) electrons. The summed E-state index contributed by atoms with van der Waals surface area (Å²) in [5.41, 5.74) is 4.61. The monoisotopic (exact) mass is 370 g/mol. The minimum atomic E-state index is 0. The predicted octanol–water partition coefficient (Wildman–Crippen LogP) is 3.78. The van der Waals surface area contributed by atoms with Crippen LogP contribution in [0.5, 0.6) is 0 Å². The standard InChI is InChI=1S/C21H26N4.ClH/c1-16-7-8-20-18(15-16)21(17-5-3-4-6-19(17)23-20)22-9-10-25-13-11-24(2)12-14-25;/h3-8,15H,9-14H2,1-2H3,(H,22,23);1H. The van der Waals surface area contributed by atoms with Crippen molar-refractivity contribution in [2.45, 2.75) is 6.92 Å². The largest absolute Gasteiger partial charge is 0.383 e. The average Bonchev–Trinajstić information content (AvgIpc) is 2.63.